The van der Waals surface area contributed by atoms with Crippen LogP contribution in [-0.2, 0) is 16.7 Å². The lowest BCUT2D eigenvalue weighted by Gasteiger charge is -2.38. The van der Waals surface area contributed by atoms with Gasteiger partial charge in [-0.15, -0.1) is 11.3 Å². The van der Waals surface area contributed by atoms with Crippen LogP contribution < -0.4 is 15.4 Å². The molecule has 0 unspecified atom stereocenters. The lowest BCUT2D eigenvalue weighted by atomic mass is 9.74. The molecule has 1 saturated heterocycles. The van der Waals surface area contributed by atoms with Crippen molar-refractivity contribution in [2.75, 3.05) is 33.4 Å². The highest BCUT2D eigenvalue weighted by molar-refractivity contribution is 7.10. The molecule has 0 spiro atoms. The number of aryl methyl sites for hydroxylation is 1. The maximum Gasteiger partial charge on any atom is 0.191 e. The Bertz CT molecular complexity index is 764. The highest BCUT2D eigenvalue weighted by Gasteiger charge is 2.34. The first-order valence-electron chi connectivity index (χ1n) is 9.94. The van der Waals surface area contributed by atoms with Crippen LogP contribution in [0.2, 0.25) is 0 Å². The summed E-state index contributed by atoms with van der Waals surface area (Å²) in [6.45, 7) is 8.19. The second-order valence-corrected chi connectivity index (χ2v) is 8.20. The van der Waals surface area contributed by atoms with Crippen LogP contribution >= 0.6 is 11.3 Å². The number of hydrogen-bond donors (Lipinski definition) is 2. The van der Waals surface area contributed by atoms with Crippen molar-refractivity contribution in [3.05, 3.63) is 51.7 Å². The number of methoxy groups -OCH3 is 1. The quantitative estimate of drug-likeness (QED) is 0.546. The molecule has 1 fully saturated rings. The molecule has 0 atom stereocenters. The largest absolute Gasteiger partial charge is 0.497 e. The standard InChI is InChI=1S/C22H31N3O2S/c1-4-23-21(24-15-20-17(2)9-14-28-20)25-16-22(10-12-27-13-11-22)18-5-7-19(26-3)8-6-18/h5-9,14H,4,10-13,15-16H2,1-3H3,(H2,23,24,25). The Morgan fingerprint density at radius 1 is 1.18 bits per heavy atom. The van der Waals surface area contributed by atoms with Gasteiger partial charge >= 0.3 is 0 Å². The molecule has 2 heterocycles. The first-order valence-corrected chi connectivity index (χ1v) is 10.8. The molecule has 1 aliphatic heterocycles. The van der Waals surface area contributed by atoms with E-state index < -0.39 is 0 Å². The highest BCUT2D eigenvalue weighted by atomic mass is 32.1. The second kappa shape index (κ2) is 9.94. The summed E-state index contributed by atoms with van der Waals surface area (Å²) in [5.74, 6) is 1.76. The minimum atomic E-state index is 0.0412. The average molecular weight is 402 g/mol. The molecule has 0 radical (unpaired) electrons. The smallest absolute Gasteiger partial charge is 0.191 e. The third-order valence-electron chi connectivity index (χ3n) is 5.44. The maximum atomic E-state index is 5.66. The van der Waals surface area contributed by atoms with Crippen molar-refractivity contribution in [3.63, 3.8) is 0 Å². The molecule has 1 aromatic heterocycles. The summed E-state index contributed by atoms with van der Waals surface area (Å²) in [4.78, 5) is 6.12. The van der Waals surface area contributed by atoms with E-state index in [-0.39, 0.29) is 5.41 Å². The first-order chi connectivity index (χ1) is 13.7. The SMILES string of the molecule is CCNC(=NCc1sccc1C)NCC1(c2ccc(OC)cc2)CCOCC1. The van der Waals surface area contributed by atoms with Crippen LogP contribution in [0.25, 0.3) is 0 Å². The van der Waals surface area contributed by atoms with E-state index in [9.17, 15) is 0 Å². The topological polar surface area (TPSA) is 54.9 Å². The number of thiophene rings is 1. The van der Waals surface area contributed by atoms with Crippen molar-refractivity contribution in [1.29, 1.82) is 0 Å². The molecule has 1 aromatic carbocycles. The number of nitrogens with zero attached hydrogens (tertiary/aromatic N) is 1. The van der Waals surface area contributed by atoms with Gasteiger partial charge in [-0.3, -0.25) is 0 Å². The summed E-state index contributed by atoms with van der Waals surface area (Å²) in [5.41, 5.74) is 2.68. The number of rotatable bonds is 7. The number of benzene rings is 1. The first kappa shape index (κ1) is 20.7. The number of hydrogen-bond acceptors (Lipinski definition) is 4. The lowest BCUT2D eigenvalue weighted by molar-refractivity contribution is 0.0513. The number of aliphatic imine (C=N–C) groups is 1. The van der Waals surface area contributed by atoms with Crippen LogP contribution in [0, 0.1) is 6.92 Å². The van der Waals surface area contributed by atoms with E-state index >= 15 is 0 Å². The van der Waals surface area contributed by atoms with Gasteiger partial charge in [0.2, 0.25) is 0 Å². The molecule has 3 rings (SSSR count). The zero-order valence-corrected chi connectivity index (χ0v) is 17.9. The van der Waals surface area contributed by atoms with Crippen molar-refractivity contribution in [2.45, 2.75) is 38.6 Å². The summed E-state index contributed by atoms with van der Waals surface area (Å²) in [6.07, 6.45) is 1.99. The van der Waals surface area contributed by atoms with Crippen molar-refractivity contribution in [2.24, 2.45) is 4.99 Å². The predicted octanol–water partition coefficient (Wildman–Crippen LogP) is 3.87. The van der Waals surface area contributed by atoms with Gasteiger partial charge in [0.05, 0.1) is 13.7 Å². The Labute approximate surface area is 172 Å². The molecule has 0 bridgehead atoms. The van der Waals surface area contributed by atoms with Gasteiger partial charge in [-0.1, -0.05) is 12.1 Å². The Morgan fingerprint density at radius 2 is 1.93 bits per heavy atom. The third kappa shape index (κ3) is 5.06. The van der Waals surface area contributed by atoms with Crippen LogP contribution in [0.5, 0.6) is 5.75 Å². The van der Waals surface area contributed by atoms with Gasteiger partial charge in [0.15, 0.2) is 5.96 Å². The van der Waals surface area contributed by atoms with Crippen LogP contribution in [0.3, 0.4) is 0 Å². The van der Waals surface area contributed by atoms with E-state index in [2.05, 4.69) is 48.1 Å². The maximum absolute atomic E-state index is 5.66. The molecule has 0 aliphatic carbocycles. The normalized spacial score (nSPS) is 16.6. The predicted molar refractivity (Wildman–Crippen MR) is 117 cm³/mol. The number of guanidine groups is 1. The molecule has 2 aromatic rings. The summed E-state index contributed by atoms with van der Waals surface area (Å²) in [6, 6.07) is 10.6. The molecule has 6 heteroatoms. The molecular weight excluding hydrogens is 370 g/mol. The third-order valence-corrected chi connectivity index (χ3v) is 6.45. The van der Waals surface area contributed by atoms with Crippen LogP contribution in [0.1, 0.15) is 35.8 Å². The summed E-state index contributed by atoms with van der Waals surface area (Å²) in [7, 11) is 1.70. The Balaban J connectivity index is 1.74. The Hall–Kier alpha value is -2.05. The monoisotopic (exact) mass is 401 g/mol. The van der Waals surface area contributed by atoms with Crippen LogP contribution in [0.4, 0.5) is 0 Å². The lowest BCUT2D eigenvalue weighted by Crippen LogP contribution is -2.48. The summed E-state index contributed by atoms with van der Waals surface area (Å²) < 4.78 is 11.0. The minimum absolute atomic E-state index is 0.0412. The van der Waals surface area contributed by atoms with Gasteiger partial charge in [0.1, 0.15) is 5.75 Å². The van der Waals surface area contributed by atoms with E-state index in [0.717, 1.165) is 50.9 Å². The van der Waals surface area contributed by atoms with E-state index in [0.29, 0.717) is 6.54 Å². The van der Waals surface area contributed by atoms with Crippen LogP contribution in [-0.4, -0.2) is 39.4 Å². The molecule has 152 valence electrons. The highest BCUT2D eigenvalue weighted by Crippen LogP contribution is 2.35. The zero-order valence-electron chi connectivity index (χ0n) is 17.1. The van der Waals surface area contributed by atoms with Gasteiger partial charge < -0.3 is 20.1 Å². The van der Waals surface area contributed by atoms with Gasteiger partial charge in [0, 0.05) is 36.6 Å². The molecule has 1 aliphatic rings. The summed E-state index contributed by atoms with van der Waals surface area (Å²) >= 11 is 1.76. The molecule has 0 amide bonds. The Morgan fingerprint density at radius 3 is 2.54 bits per heavy atom. The van der Waals surface area contributed by atoms with E-state index in [1.807, 2.05) is 12.1 Å². The number of ether oxygens (including phenoxy) is 2. The number of nitrogens with one attached hydrogen (secondary N) is 2. The fourth-order valence-corrected chi connectivity index (χ4v) is 4.42. The molecule has 28 heavy (non-hydrogen) atoms. The molecular formula is C22H31N3O2S. The zero-order chi connectivity index (χ0) is 19.8. The van der Waals surface area contributed by atoms with E-state index in [1.54, 1.807) is 18.4 Å². The second-order valence-electron chi connectivity index (χ2n) is 7.20. The van der Waals surface area contributed by atoms with Gasteiger partial charge in [-0.25, -0.2) is 4.99 Å². The Kier molecular flexibility index (Phi) is 7.34. The fraction of sp³-hybridized carbons (Fsp3) is 0.500. The minimum Gasteiger partial charge on any atom is -0.497 e. The van der Waals surface area contributed by atoms with E-state index in [1.165, 1.54) is 16.0 Å². The van der Waals surface area contributed by atoms with Gasteiger partial charge in [-0.2, -0.15) is 0 Å². The fourth-order valence-electron chi connectivity index (χ4n) is 3.59. The molecule has 5 nitrogen and oxygen atoms in total. The van der Waals surface area contributed by atoms with Crippen molar-refractivity contribution in [3.8, 4) is 5.75 Å². The summed E-state index contributed by atoms with van der Waals surface area (Å²) in [5, 5.41) is 9.11. The van der Waals surface area contributed by atoms with Gasteiger partial charge in [0.25, 0.3) is 0 Å². The van der Waals surface area contributed by atoms with Gasteiger partial charge in [-0.05, 0) is 61.4 Å². The average Bonchev–Trinajstić information content (AvgIpc) is 3.15. The van der Waals surface area contributed by atoms with E-state index in [4.69, 9.17) is 14.5 Å². The van der Waals surface area contributed by atoms with Crippen LogP contribution in [0.15, 0.2) is 40.7 Å². The van der Waals surface area contributed by atoms with Crippen molar-refractivity contribution >= 4 is 17.3 Å². The molecule has 2 N–H and O–H groups in total. The molecule has 0 saturated carbocycles. The van der Waals surface area contributed by atoms with Crippen molar-refractivity contribution < 1.29 is 9.47 Å². The van der Waals surface area contributed by atoms with Crippen molar-refractivity contribution in [1.82, 2.24) is 10.6 Å².